The van der Waals surface area contributed by atoms with Gasteiger partial charge in [-0.3, -0.25) is 19.1 Å². The number of amides is 2. The first-order valence-electron chi connectivity index (χ1n) is 12.5. The number of carbonyl (C=O) groups is 2. The Morgan fingerprint density at radius 2 is 1.98 bits per heavy atom. The zero-order chi connectivity index (χ0) is 30.6. The third-order valence-corrected chi connectivity index (χ3v) is 7.64. The summed E-state index contributed by atoms with van der Waals surface area (Å²) in [6, 6.07) is 3.83. The number of aromatic nitrogens is 2. The number of nitrogens with zero attached hydrogens (tertiary/aromatic N) is 3. The summed E-state index contributed by atoms with van der Waals surface area (Å²) in [7, 11) is -4.42. The Kier molecular flexibility index (Phi) is 9.63. The van der Waals surface area contributed by atoms with E-state index in [0.717, 1.165) is 4.31 Å². The van der Waals surface area contributed by atoms with Crippen LogP contribution < -0.4 is 24.4 Å². The Bertz CT molecular complexity index is 1360. The summed E-state index contributed by atoms with van der Waals surface area (Å²) in [5.74, 6) is -0.494. The maximum atomic E-state index is 14.0. The maximum absolute atomic E-state index is 14.0. The molecule has 228 valence electrons. The van der Waals surface area contributed by atoms with E-state index in [2.05, 4.69) is 20.5 Å². The van der Waals surface area contributed by atoms with Crippen LogP contribution >= 0.6 is 0 Å². The van der Waals surface area contributed by atoms with Crippen molar-refractivity contribution in [1.82, 2.24) is 15.1 Å². The second-order valence-corrected chi connectivity index (χ2v) is 11.3. The lowest BCUT2D eigenvalue weighted by atomic mass is 10.1. The maximum Gasteiger partial charge on any atom is 0.427 e. The summed E-state index contributed by atoms with van der Waals surface area (Å²) in [6.07, 6.45) is -5.56. The van der Waals surface area contributed by atoms with Crippen LogP contribution in [0, 0.1) is 0 Å². The van der Waals surface area contributed by atoms with Crippen LogP contribution in [-0.4, -0.2) is 79.5 Å². The topological polar surface area (TPSA) is 161 Å². The first kappa shape index (κ1) is 31.8. The highest BCUT2D eigenvalue weighted by Gasteiger charge is 2.51. The largest absolute Gasteiger partial charge is 0.484 e. The van der Waals surface area contributed by atoms with E-state index in [4.69, 9.17) is 14.6 Å². The molecule has 41 heavy (non-hydrogen) atoms. The summed E-state index contributed by atoms with van der Waals surface area (Å²) in [5, 5.41) is 18.0. The standard InChI is InChI=1S/C24H32F3N5O8S/c1-5-31-14-20(21(30-31)38-10-6-9-33)41(36,37)32-13-17(12-28-15(2)34)39-19-8-7-16(11-18(19)32)29-22(35)40-23(3,4)24(25,26)27/h7-8,11,14,17,33H,5-6,9-10,12-13H2,1-4H3,(H,28,34)(H,29,35). The number of halogens is 3. The summed E-state index contributed by atoms with van der Waals surface area (Å²) >= 11 is 0. The molecule has 3 rings (SSSR count). The van der Waals surface area contributed by atoms with Crippen LogP contribution in [0.3, 0.4) is 0 Å². The van der Waals surface area contributed by atoms with E-state index in [-0.39, 0.29) is 66.5 Å². The van der Waals surface area contributed by atoms with Crippen molar-refractivity contribution >= 4 is 33.4 Å². The van der Waals surface area contributed by atoms with Gasteiger partial charge in [0.05, 0.1) is 25.4 Å². The summed E-state index contributed by atoms with van der Waals surface area (Å²) in [5.41, 5.74) is -2.89. The third kappa shape index (κ3) is 7.52. The molecule has 3 N–H and O–H groups in total. The lowest BCUT2D eigenvalue weighted by molar-refractivity contribution is -0.242. The Morgan fingerprint density at radius 3 is 2.59 bits per heavy atom. The Hall–Kier alpha value is -3.73. The van der Waals surface area contributed by atoms with E-state index in [0.29, 0.717) is 20.4 Å². The number of fused-ring (bicyclic) bond motifs is 1. The fourth-order valence-electron chi connectivity index (χ4n) is 3.59. The Labute approximate surface area is 234 Å². The number of hydrogen-bond acceptors (Lipinski definition) is 9. The van der Waals surface area contributed by atoms with Crippen LogP contribution in [0.15, 0.2) is 29.3 Å². The lowest BCUT2D eigenvalue weighted by Gasteiger charge is -2.35. The molecule has 2 amide bonds. The number of aryl methyl sites for hydroxylation is 1. The smallest absolute Gasteiger partial charge is 0.427 e. The van der Waals surface area contributed by atoms with Gasteiger partial charge in [0.15, 0.2) is 4.90 Å². The first-order valence-corrected chi connectivity index (χ1v) is 14.0. The van der Waals surface area contributed by atoms with Crippen molar-refractivity contribution in [1.29, 1.82) is 0 Å². The Morgan fingerprint density at radius 1 is 1.27 bits per heavy atom. The van der Waals surface area contributed by atoms with E-state index in [1.165, 1.54) is 36.0 Å². The normalized spacial score (nSPS) is 15.5. The second-order valence-electron chi connectivity index (χ2n) is 9.50. The summed E-state index contributed by atoms with van der Waals surface area (Å²) in [4.78, 5) is 23.5. The third-order valence-electron chi connectivity index (χ3n) is 5.88. The van der Waals surface area contributed by atoms with E-state index in [1.807, 2.05) is 0 Å². The van der Waals surface area contributed by atoms with Gasteiger partial charge in [-0.1, -0.05) is 0 Å². The van der Waals surface area contributed by atoms with Gasteiger partial charge in [0.1, 0.15) is 11.9 Å². The molecular formula is C24H32F3N5O8S. The summed E-state index contributed by atoms with van der Waals surface area (Å²) in [6.45, 7) is 4.22. The first-order chi connectivity index (χ1) is 19.1. The van der Waals surface area contributed by atoms with Gasteiger partial charge in [0.25, 0.3) is 15.9 Å². The molecule has 0 aliphatic carbocycles. The molecule has 1 unspecified atom stereocenters. The van der Waals surface area contributed by atoms with Crippen molar-refractivity contribution in [3.05, 3.63) is 24.4 Å². The predicted octanol–water partition coefficient (Wildman–Crippen LogP) is 2.65. The molecular weight excluding hydrogens is 575 g/mol. The van der Waals surface area contributed by atoms with Crippen molar-refractivity contribution in [2.24, 2.45) is 0 Å². The number of alkyl halides is 3. The highest BCUT2D eigenvalue weighted by Crippen LogP contribution is 2.40. The molecule has 0 radical (unpaired) electrons. The van der Waals surface area contributed by atoms with E-state index < -0.39 is 34.0 Å². The molecule has 13 nitrogen and oxygen atoms in total. The molecule has 2 aromatic rings. The molecule has 1 atom stereocenters. The van der Waals surface area contributed by atoms with Gasteiger partial charge < -0.3 is 24.6 Å². The molecule has 1 aliphatic rings. The van der Waals surface area contributed by atoms with Gasteiger partial charge in [-0.15, -0.1) is 5.10 Å². The van der Waals surface area contributed by atoms with Crippen molar-refractivity contribution in [3.63, 3.8) is 0 Å². The minimum Gasteiger partial charge on any atom is -0.484 e. The number of carbonyl (C=O) groups excluding carboxylic acids is 2. The van der Waals surface area contributed by atoms with Crippen LogP contribution in [0.4, 0.5) is 29.3 Å². The molecule has 2 heterocycles. The monoisotopic (exact) mass is 607 g/mol. The zero-order valence-corrected chi connectivity index (χ0v) is 23.6. The van der Waals surface area contributed by atoms with Gasteiger partial charge in [0.2, 0.25) is 11.5 Å². The van der Waals surface area contributed by atoms with Crippen molar-refractivity contribution in [2.75, 3.05) is 35.9 Å². The number of nitrogens with one attached hydrogen (secondary N) is 2. The minimum atomic E-state index is -4.83. The minimum absolute atomic E-state index is 0.00490. The second kappa shape index (κ2) is 12.4. The molecule has 1 aromatic heterocycles. The van der Waals surface area contributed by atoms with Crippen molar-refractivity contribution < 1.29 is 50.5 Å². The van der Waals surface area contributed by atoms with E-state index in [1.54, 1.807) is 6.92 Å². The van der Waals surface area contributed by atoms with Crippen molar-refractivity contribution in [2.45, 2.75) is 63.4 Å². The predicted molar refractivity (Wildman–Crippen MR) is 139 cm³/mol. The molecule has 0 fully saturated rings. The number of hydrogen-bond donors (Lipinski definition) is 3. The van der Waals surface area contributed by atoms with Crippen molar-refractivity contribution in [3.8, 4) is 11.6 Å². The fourth-order valence-corrected chi connectivity index (χ4v) is 5.17. The van der Waals surface area contributed by atoms with Gasteiger partial charge in [-0.05, 0) is 39.0 Å². The Balaban J connectivity index is 2.00. The molecule has 0 spiro atoms. The van der Waals surface area contributed by atoms with E-state index >= 15 is 0 Å². The van der Waals surface area contributed by atoms with Gasteiger partial charge in [0, 0.05) is 38.4 Å². The summed E-state index contributed by atoms with van der Waals surface area (Å²) < 4.78 is 85.8. The average Bonchev–Trinajstić information content (AvgIpc) is 3.30. The lowest BCUT2D eigenvalue weighted by Crippen LogP contribution is -2.48. The zero-order valence-electron chi connectivity index (χ0n) is 22.8. The van der Waals surface area contributed by atoms with Crippen LogP contribution in [0.25, 0.3) is 0 Å². The molecule has 0 saturated heterocycles. The number of anilines is 2. The average molecular weight is 608 g/mol. The molecule has 0 saturated carbocycles. The van der Waals surface area contributed by atoms with Crippen LogP contribution in [-0.2, 0) is 26.1 Å². The molecule has 17 heteroatoms. The van der Waals surface area contributed by atoms with Gasteiger partial charge in [-0.2, -0.15) is 13.2 Å². The molecule has 1 aromatic carbocycles. The van der Waals surface area contributed by atoms with Gasteiger partial charge in [-0.25, -0.2) is 13.2 Å². The van der Waals surface area contributed by atoms with Crippen LogP contribution in [0.1, 0.15) is 34.1 Å². The van der Waals surface area contributed by atoms with Crippen LogP contribution in [0.2, 0.25) is 0 Å². The number of benzene rings is 1. The SMILES string of the molecule is CCn1cc(S(=O)(=O)N2CC(CNC(C)=O)Oc3ccc(NC(=O)OC(C)(C)C(F)(F)F)cc32)c(OCCCO)n1. The molecule has 0 bridgehead atoms. The quantitative estimate of drug-likeness (QED) is 0.326. The number of aliphatic hydroxyl groups is 1. The highest BCUT2D eigenvalue weighted by molar-refractivity contribution is 7.93. The number of aliphatic hydroxyl groups excluding tert-OH is 1. The van der Waals surface area contributed by atoms with Gasteiger partial charge >= 0.3 is 12.3 Å². The van der Waals surface area contributed by atoms with E-state index in [9.17, 15) is 31.2 Å². The fraction of sp³-hybridized carbons (Fsp3) is 0.542. The number of rotatable bonds is 11. The highest BCUT2D eigenvalue weighted by atomic mass is 32.2. The molecule has 1 aliphatic heterocycles. The number of sulfonamides is 1. The van der Waals surface area contributed by atoms with Crippen LogP contribution in [0.5, 0.6) is 11.6 Å². The number of ether oxygens (including phenoxy) is 3.